The van der Waals surface area contributed by atoms with Crippen LogP contribution in [0.15, 0.2) is 42.5 Å². The van der Waals surface area contributed by atoms with Crippen molar-refractivity contribution in [3.8, 4) is 28.4 Å². The molecule has 0 aliphatic rings. The lowest BCUT2D eigenvalue weighted by molar-refractivity contribution is -0.142. The quantitative estimate of drug-likeness (QED) is 0.319. The van der Waals surface area contributed by atoms with Gasteiger partial charge in [0.2, 0.25) is 0 Å². The maximum absolute atomic E-state index is 12.9. The number of para-hydroxylation sites is 1. The van der Waals surface area contributed by atoms with Gasteiger partial charge in [-0.3, -0.25) is 0 Å². The van der Waals surface area contributed by atoms with Crippen molar-refractivity contribution in [3.05, 3.63) is 58.7 Å². The number of esters is 3. The van der Waals surface area contributed by atoms with Crippen LogP contribution in [0.1, 0.15) is 27.8 Å². The molecular formula is C24H23ClN2O8. The van der Waals surface area contributed by atoms with Crippen LogP contribution in [0.5, 0.6) is 11.5 Å². The third-order valence-corrected chi connectivity index (χ3v) is 5.13. The molecule has 0 aliphatic heterocycles. The van der Waals surface area contributed by atoms with Crippen LogP contribution in [0.3, 0.4) is 0 Å². The Morgan fingerprint density at radius 2 is 1.57 bits per heavy atom. The van der Waals surface area contributed by atoms with Gasteiger partial charge in [0.1, 0.15) is 11.3 Å². The smallest absolute Gasteiger partial charge is 0.357 e. The van der Waals surface area contributed by atoms with E-state index in [1.807, 2.05) is 0 Å². The Kier molecular flexibility index (Phi) is 8.32. The molecule has 2 aromatic carbocycles. The van der Waals surface area contributed by atoms with Crippen molar-refractivity contribution >= 4 is 29.5 Å². The monoisotopic (exact) mass is 502 g/mol. The molecule has 10 nitrogen and oxygen atoms in total. The second-order valence-electron chi connectivity index (χ2n) is 6.88. The topological polar surface area (TPSA) is 115 Å². The molecule has 0 atom stereocenters. The average Bonchev–Trinajstić information content (AvgIpc) is 3.28. The highest BCUT2D eigenvalue weighted by molar-refractivity contribution is 6.33. The Labute approximate surface area is 206 Å². The third-order valence-electron chi connectivity index (χ3n) is 4.82. The zero-order valence-electron chi connectivity index (χ0n) is 19.5. The van der Waals surface area contributed by atoms with Gasteiger partial charge < -0.3 is 23.7 Å². The van der Waals surface area contributed by atoms with Gasteiger partial charge >= 0.3 is 17.9 Å². The maximum Gasteiger partial charge on any atom is 0.357 e. The fourth-order valence-corrected chi connectivity index (χ4v) is 3.48. The summed E-state index contributed by atoms with van der Waals surface area (Å²) in [5.74, 6) is -1.79. The lowest BCUT2D eigenvalue weighted by Gasteiger charge is -2.14. The zero-order valence-corrected chi connectivity index (χ0v) is 20.2. The van der Waals surface area contributed by atoms with E-state index in [0.717, 1.165) is 0 Å². The Bertz CT molecular complexity index is 1240. The SMILES string of the molecule is CCOc1cc(-c2nn(-c3ccccc3)c(C(=O)OC)c2C(=O)OC)c(Cl)cc1OCC(=O)OC. The van der Waals surface area contributed by atoms with Crippen molar-refractivity contribution in [1.82, 2.24) is 9.78 Å². The molecule has 11 heteroatoms. The first-order valence-electron chi connectivity index (χ1n) is 10.4. The molecule has 0 fully saturated rings. The summed E-state index contributed by atoms with van der Waals surface area (Å²) in [6, 6.07) is 11.6. The second kappa shape index (κ2) is 11.4. The molecule has 3 aromatic rings. The summed E-state index contributed by atoms with van der Waals surface area (Å²) in [5.41, 5.74) is 0.548. The van der Waals surface area contributed by atoms with Gasteiger partial charge in [-0.15, -0.1) is 0 Å². The summed E-state index contributed by atoms with van der Waals surface area (Å²) < 4.78 is 26.9. The van der Waals surface area contributed by atoms with Crippen LogP contribution < -0.4 is 9.47 Å². The molecule has 0 bridgehead atoms. The van der Waals surface area contributed by atoms with Crippen molar-refractivity contribution in [2.24, 2.45) is 0 Å². The van der Waals surface area contributed by atoms with Crippen LogP contribution >= 0.6 is 11.6 Å². The molecular weight excluding hydrogens is 480 g/mol. The van der Waals surface area contributed by atoms with E-state index >= 15 is 0 Å². The van der Waals surface area contributed by atoms with E-state index in [4.69, 9.17) is 30.5 Å². The normalized spacial score (nSPS) is 10.4. The number of hydrogen-bond acceptors (Lipinski definition) is 9. The van der Waals surface area contributed by atoms with E-state index in [9.17, 15) is 14.4 Å². The van der Waals surface area contributed by atoms with Crippen molar-refractivity contribution < 1.29 is 38.1 Å². The van der Waals surface area contributed by atoms with Gasteiger partial charge in [0.05, 0.1) is 38.6 Å². The van der Waals surface area contributed by atoms with Gasteiger partial charge in [-0.1, -0.05) is 29.8 Å². The molecule has 0 saturated heterocycles. The number of ether oxygens (including phenoxy) is 5. The summed E-state index contributed by atoms with van der Waals surface area (Å²) in [5, 5.41) is 4.65. The number of hydrogen-bond donors (Lipinski definition) is 0. The van der Waals surface area contributed by atoms with Crippen LogP contribution in [0.25, 0.3) is 16.9 Å². The first-order valence-corrected chi connectivity index (χ1v) is 10.7. The standard InChI is InChI=1S/C24H23ClN2O8/c1-5-34-17-11-15(16(25)12-18(17)35-13-19(28)31-2)21-20(23(29)32-3)22(24(30)33-4)27(26-21)14-9-7-6-8-10-14/h6-12H,5,13H2,1-4H3. The van der Waals surface area contributed by atoms with E-state index in [2.05, 4.69) is 9.84 Å². The molecule has 0 saturated carbocycles. The van der Waals surface area contributed by atoms with E-state index in [1.165, 1.54) is 38.1 Å². The summed E-state index contributed by atoms with van der Waals surface area (Å²) in [6.07, 6.45) is 0. The summed E-state index contributed by atoms with van der Waals surface area (Å²) in [4.78, 5) is 37.1. The highest BCUT2D eigenvalue weighted by Crippen LogP contribution is 2.40. The molecule has 0 unspecified atom stereocenters. The van der Waals surface area contributed by atoms with Crippen LogP contribution in [0.2, 0.25) is 5.02 Å². The molecule has 1 heterocycles. The van der Waals surface area contributed by atoms with E-state index in [-0.39, 0.29) is 52.3 Å². The fraction of sp³-hybridized carbons (Fsp3) is 0.250. The zero-order chi connectivity index (χ0) is 25.5. The van der Waals surface area contributed by atoms with Crippen LogP contribution in [-0.2, 0) is 19.0 Å². The predicted molar refractivity (Wildman–Crippen MR) is 125 cm³/mol. The molecule has 0 amide bonds. The Hall–Kier alpha value is -4.05. The number of methoxy groups -OCH3 is 3. The molecule has 3 rings (SSSR count). The summed E-state index contributed by atoms with van der Waals surface area (Å²) in [7, 11) is 3.62. The second-order valence-corrected chi connectivity index (χ2v) is 7.29. The van der Waals surface area contributed by atoms with Crippen LogP contribution in [0, 0.1) is 0 Å². The van der Waals surface area contributed by atoms with Crippen molar-refractivity contribution in [1.29, 1.82) is 0 Å². The lowest BCUT2D eigenvalue weighted by Crippen LogP contribution is -2.15. The van der Waals surface area contributed by atoms with Crippen molar-refractivity contribution in [2.45, 2.75) is 6.92 Å². The highest BCUT2D eigenvalue weighted by atomic mass is 35.5. The number of nitrogens with zero attached hydrogens (tertiary/aromatic N) is 2. The summed E-state index contributed by atoms with van der Waals surface area (Å²) >= 11 is 6.56. The van der Waals surface area contributed by atoms with Gasteiger partial charge in [-0.25, -0.2) is 19.1 Å². The van der Waals surface area contributed by atoms with E-state index < -0.39 is 17.9 Å². The number of benzene rings is 2. The molecule has 0 N–H and O–H groups in total. The predicted octanol–water partition coefficient (Wildman–Crippen LogP) is 3.72. The first kappa shape index (κ1) is 25.6. The van der Waals surface area contributed by atoms with Gasteiger partial charge in [0.25, 0.3) is 0 Å². The molecule has 0 aliphatic carbocycles. The molecule has 0 spiro atoms. The lowest BCUT2D eigenvalue weighted by atomic mass is 10.0. The summed E-state index contributed by atoms with van der Waals surface area (Å²) in [6.45, 7) is 1.66. The van der Waals surface area contributed by atoms with E-state index in [1.54, 1.807) is 37.3 Å². The third kappa shape index (κ3) is 5.38. The van der Waals surface area contributed by atoms with Crippen molar-refractivity contribution in [3.63, 3.8) is 0 Å². The molecule has 1 aromatic heterocycles. The number of halogens is 1. The first-order chi connectivity index (χ1) is 16.9. The van der Waals surface area contributed by atoms with Crippen LogP contribution in [0.4, 0.5) is 0 Å². The minimum Gasteiger partial charge on any atom is -0.490 e. The van der Waals surface area contributed by atoms with Crippen LogP contribution in [-0.4, -0.2) is 62.2 Å². The fourth-order valence-electron chi connectivity index (χ4n) is 3.24. The molecule has 184 valence electrons. The number of carbonyl (C=O) groups excluding carboxylic acids is 3. The molecule has 0 radical (unpaired) electrons. The Morgan fingerprint density at radius 3 is 2.17 bits per heavy atom. The largest absolute Gasteiger partial charge is 0.490 e. The van der Waals surface area contributed by atoms with E-state index in [0.29, 0.717) is 5.69 Å². The average molecular weight is 503 g/mol. The maximum atomic E-state index is 12.9. The van der Waals surface area contributed by atoms with Gasteiger partial charge in [0.15, 0.2) is 23.8 Å². The molecule has 35 heavy (non-hydrogen) atoms. The number of rotatable bonds is 9. The minimum absolute atomic E-state index is 0.0616. The van der Waals surface area contributed by atoms with Gasteiger partial charge in [0, 0.05) is 11.6 Å². The Balaban J connectivity index is 2.27. The minimum atomic E-state index is -0.817. The Morgan fingerprint density at radius 1 is 0.914 bits per heavy atom. The van der Waals surface area contributed by atoms with Crippen molar-refractivity contribution in [2.75, 3.05) is 34.5 Å². The number of aromatic nitrogens is 2. The number of carbonyl (C=O) groups is 3. The highest BCUT2D eigenvalue weighted by Gasteiger charge is 2.32. The van der Waals surface area contributed by atoms with Gasteiger partial charge in [-0.05, 0) is 25.1 Å². The van der Waals surface area contributed by atoms with Gasteiger partial charge in [-0.2, -0.15) is 5.10 Å².